The van der Waals surface area contributed by atoms with Crippen LogP contribution in [0.15, 0.2) is 5.38 Å². The molecule has 5 nitrogen and oxygen atoms in total. The van der Waals surface area contributed by atoms with Gasteiger partial charge in [-0.1, -0.05) is 0 Å². The number of amides is 2. The van der Waals surface area contributed by atoms with Crippen LogP contribution in [-0.2, 0) is 4.79 Å². The minimum Gasteiger partial charge on any atom is -0.341 e. The lowest BCUT2D eigenvalue weighted by atomic mass is 10.0. The third-order valence-electron chi connectivity index (χ3n) is 4.33. The molecule has 0 bridgehead atoms. The van der Waals surface area contributed by atoms with Crippen molar-refractivity contribution in [2.75, 3.05) is 19.6 Å². The Balaban J connectivity index is 1.71. The molecule has 0 spiro atoms. The molecular weight excluding hydrogens is 286 g/mol. The van der Waals surface area contributed by atoms with Gasteiger partial charge in [0.2, 0.25) is 5.91 Å². The standard InChI is InChI=1S/C15H21N3O2S/c1-11-16-13(10-21-11)15(20)18-8-3-2-5-12(18)9-17-7-4-6-14(17)19/h10,12H,2-9H2,1H3/t12-/m1/s1. The monoisotopic (exact) mass is 307 g/mol. The Hall–Kier alpha value is -1.43. The van der Waals surface area contributed by atoms with E-state index in [1.165, 1.54) is 11.3 Å². The van der Waals surface area contributed by atoms with Gasteiger partial charge in [0.05, 0.1) is 5.01 Å². The van der Waals surface area contributed by atoms with Crippen molar-refractivity contribution in [3.05, 3.63) is 16.1 Å². The molecule has 1 aromatic rings. The smallest absolute Gasteiger partial charge is 0.273 e. The lowest BCUT2D eigenvalue weighted by molar-refractivity contribution is -0.128. The van der Waals surface area contributed by atoms with E-state index in [-0.39, 0.29) is 17.9 Å². The molecule has 0 radical (unpaired) electrons. The van der Waals surface area contributed by atoms with Crippen molar-refractivity contribution < 1.29 is 9.59 Å². The molecule has 0 N–H and O–H groups in total. The van der Waals surface area contributed by atoms with Gasteiger partial charge in [-0.25, -0.2) is 4.98 Å². The summed E-state index contributed by atoms with van der Waals surface area (Å²) < 4.78 is 0. The van der Waals surface area contributed by atoms with Crippen LogP contribution in [0.2, 0.25) is 0 Å². The molecule has 6 heteroatoms. The summed E-state index contributed by atoms with van der Waals surface area (Å²) in [5.41, 5.74) is 0.553. The first kappa shape index (κ1) is 14.5. The van der Waals surface area contributed by atoms with Gasteiger partial charge in [0.1, 0.15) is 5.69 Å². The third-order valence-corrected chi connectivity index (χ3v) is 5.10. The van der Waals surface area contributed by atoms with Crippen LogP contribution >= 0.6 is 11.3 Å². The number of rotatable bonds is 3. The van der Waals surface area contributed by atoms with Crippen LogP contribution < -0.4 is 0 Å². The molecule has 0 aromatic carbocycles. The van der Waals surface area contributed by atoms with E-state index in [0.717, 1.165) is 43.8 Å². The fourth-order valence-electron chi connectivity index (χ4n) is 3.22. The third kappa shape index (κ3) is 3.10. The first-order valence-corrected chi connectivity index (χ1v) is 8.54. The number of aromatic nitrogens is 1. The number of nitrogens with zero attached hydrogens (tertiary/aromatic N) is 3. The van der Waals surface area contributed by atoms with Crippen LogP contribution in [0.25, 0.3) is 0 Å². The second kappa shape index (κ2) is 6.13. The Kier molecular flexibility index (Phi) is 4.24. The van der Waals surface area contributed by atoms with E-state index in [0.29, 0.717) is 18.7 Å². The molecule has 3 heterocycles. The molecule has 3 rings (SSSR count). The molecule has 2 saturated heterocycles. The zero-order chi connectivity index (χ0) is 14.8. The van der Waals surface area contributed by atoms with Gasteiger partial charge >= 0.3 is 0 Å². The predicted molar refractivity (Wildman–Crippen MR) is 81.3 cm³/mol. The van der Waals surface area contributed by atoms with Gasteiger partial charge in [-0.2, -0.15) is 0 Å². The van der Waals surface area contributed by atoms with Crippen molar-refractivity contribution >= 4 is 23.2 Å². The molecule has 2 amide bonds. The number of aryl methyl sites for hydroxylation is 1. The molecule has 0 aliphatic carbocycles. The number of carbonyl (C=O) groups is 2. The Morgan fingerprint density at radius 1 is 1.38 bits per heavy atom. The highest BCUT2D eigenvalue weighted by molar-refractivity contribution is 7.09. The Morgan fingerprint density at radius 3 is 2.90 bits per heavy atom. The van der Waals surface area contributed by atoms with Gasteiger partial charge in [0.15, 0.2) is 0 Å². The highest BCUT2D eigenvalue weighted by Crippen LogP contribution is 2.23. The average molecular weight is 307 g/mol. The number of hydrogen-bond acceptors (Lipinski definition) is 4. The zero-order valence-corrected chi connectivity index (χ0v) is 13.2. The van der Waals surface area contributed by atoms with Gasteiger partial charge in [0.25, 0.3) is 5.91 Å². The summed E-state index contributed by atoms with van der Waals surface area (Å²) >= 11 is 1.51. The molecule has 1 aromatic heterocycles. The van der Waals surface area contributed by atoms with Gasteiger partial charge < -0.3 is 9.80 Å². The van der Waals surface area contributed by atoms with Gasteiger partial charge in [0, 0.05) is 37.5 Å². The van der Waals surface area contributed by atoms with E-state index >= 15 is 0 Å². The first-order valence-electron chi connectivity index (χ1n) is 7.66. The lowest BCUT2D eigenvalue weighted by Crippen LogP contribution is -2.49. The highest BCUT2D eigenvalue weighted by atomic mass is 32.1. The van der Waals surface area contributed by atoms with Crippen molar-refractivity contribution in [2.24, 2.45) is 0 Å². The van der Waals surface area contributed by atoms with Crippen molar-refractivity contribution in [1.82, 2.24) is 14.8 Å². The summed E-state index contributed by atoms with van der Waals surface area (Å²) in [5, 5.41) is 2.76. The fourth-order valence-corrected chi connectivity index (χ4v) is 3.80. The maximum absolute atomic E-state index is 12.6. The van der Waals surface area contributed by atoms with Crippen LogP contribution in [0.3, 0.4) is 0 Å². The average Bonchev–Trinajstić information content (AvgIpc) is 3.08. The topological polar surface area (TPSA) is 53.5 Å². The minimum absolute atomic E-state index is 0.0238. The quantitative estimate of drug-likeness (QED) is 0.859. The summed E-state index contributed by atoms with van der Waals surface area (Å²) in [6.07, 6.45) is 4.77. The minimum atomic E-state index is 0.0238. The van der Waals surface area contributed by atoms with E-state index < -0.39 is 0 Å². The lowest BCUT2D eigenvalue weighted by Gasteiger charge is -2.37. The van der Waals surface area contributed by atoms with Crippen LogP contribution in [-0.4, -0.2) is 52.3 Å². The zero-order valence-electron chi connectivity index (χ0n) is 12.4. The van der Waals surface area contributed by atoms with Gasteiger partial charge in [-0.15, -0.1) is 11.3 Å². The number of carbonyl (C=O) groups excluding carboxylic acids is 2. The van der Waals surface area contributed by atoms with Crippen LogP contribution in [0.4, 0.5) is 0 Å². The van der Waals surface area contributed by atoms with E-state index in [2.05, 4.69) is 4.98 Å². The van der Waals surface area contributed by atoms with Crippen LogP contribution in [0.5, 0.6) is 0 Å². The van der Waals surface area contributed by atoms with Gasteiger partial charge in [-0.3, -0.25) is 9.59 Å². The van der Waals surface area contributed by atoms with Crippen molar-refractivity contribution in [1.29, 1.82) is 0 Å². The highest BCUT2D eigenvalue weighted by Gasteiger charge is 2.32. The predicted octanol–water partition coefficient (Wildman–Crippen LogP) is 2.07. The van der Waals surface area contributed by atoms with E-state index in [9.17, 15) is 9.59 Å². The summed E-state index contributed by atoms with van der Waals surface area (Å²) in [6, 6.07) is 0.148. The second-order valence-electron chi connectivity index (χ2n) is 5.84. The van der Waals surface area contributed by atoms with Crippen LogP contribution in [0.1, 0.15) is 47.6 Å². The van der Waals surface area contributed by atoms with Crippen molar-refractivity contribution in [3.8, 4) is 0 Å². The van der Waals surface area contributed by atoms with E-state index in [1.807, 2.05) is 22.1 Å². The van der Waals surface area contributed by atoms with E-state index in [1.54, 1.807) is 0 Å². The molecule has 21 heavy (non-hydrogen) atoms. The number of piperidine rings is 1. The molecular formula is C15H21N3O2S. The summed E-state index contributed by atoms with van der Waals surface area (Å²) in [4.78, 5) is 32.6. The maximum Gasteiger partial charge on any atom is 0.273 e. The molecule has 2 aliphatic rings. The molecule has 1 atom stereocenters. The largest absolute Gasteiger partial charge is 0.341 e. The Bertz CT molecular complexity index is 543. The fraction of sp³-hybridized carbons (Fsp3) is 0.667. The maximum atomic E-state index is 12.6. The van der Waals surface area contributed by atoms with Crippen molar-refractivity contribution in [2.45, 2.75) is 45.1 Å². The summed E-state index contributed by atoms with van der Waals surface area (Å²) in [7, 11) is 0. The molecule has 2 fully saturated rings. The molecule has 0 unspecified atom stereocenters. The number of likely N-dealkylation sites (tertiary alicyclic amines) is 2. The molecule has 0 saturated carbocycles. The number of thiazole rings is 1. The molecule has 2 aliphatic heterocycles. The van der Waals surface area contributed by atoms with E-state index in [4.69, 9.17) is 0 Å². The SMILES string of the molecule is Cc1nc(C(=O)N2CCCC[C@@H]2CN2CCCC2=O)cs1. The van der Waals surface area contributed by atoms with Gasteiger partial charge in [-0.05, 0) is 32.6 Å². The Morgan fingerprint density at radius 2 is 2.24 bits per heavy atom. The van der Waals surface area contributed by atoms with Crippen molar-refractivity contribution in [3.63, 3.8) is 0 Å². The Labute approximate surface area is 129 Å². The summed E-state index contributed by atoms with van der Waals surface area (Å²) in [5.74, 6) is 0.258. The van der Waals surface area contributed by atoms with Crippen LogP contribution in [0, 0.1) is 6.92 Å². The molecule has 114 valence electrons. The number of hydrogen-bond donors (Lipinski definition) is 0. The summed E-state index contributed by atoms with van der Waals surface area (Å²) in [6.45, 7) is 4.22. The normalized spacial score (nSPS) is 22.9. The first-order chi connectivity index (χ1) is 10.1. The second-order valence-corrected chi connectivity index (χ2v) is 6.91.